The Hall–Kier alpha value is -1.55. The molecule has 0 fully saturated rings. The first-order chi connectivity index (χ1) is 9.33. The van der Waals surface area contributed by atoms with Crippen LogP contribution in [0.2, 0.25) is 0 Å². The highest BCUT2D eigenvalue weighted by molar-refractivity contribution is 8.00. The van der Waals surface area contributed by atoms with Crippen molar-refractivity contribution in [3.8, 4) is 17.6 Å². The largest absolute Gasteiger partial charge is 0.497 e. The van der Waals surface area contributed by atoms with Gasteiger partial charge in [0.2, 0.25) is 0 Å². The van der Waals surface area contributed by atoms with E-state index in [1.165, 1.54) is 11.5 Å². The number of benzene rings is 1. The monoisotopic (exact) mass is 292 g/mol. The minimum atomic E-state index is -0.144. The topological polar surface area (TPSA) is 55.2 Å². The number of ether oxygens (including phenoxy) is 1. The Balaban J connectivity index is 2.19. The van der Waals surface area contributed by atoms with Crippen molar-refractivity contribution in [1.29, 1.82) is 0 Å². The van der Waals surface area contributed by atoms with Crippen LogP contribution in [0.3, 0.4) is 0 Å². The third-order valence-electron chi connectivity index (χ3n) is 2.31. The smallest absolute Gasteiger partial charge is 0.170 e. The molecule has 0 atom stereocenters. The third-order valence-corrected chi connectivity index (χ3v) is 4.15. The molecule has 0 unspecified atom stereocenters. The molecule has 0 aliphatic rings. The van der Waals surface area contributed by atoms with Gasteiger partial charge in [-0.05, 0) is 35.3 Å². The van der Waals surface area contributed by atoms with Crippen LogP contribution in [0.15, 0.2) is 28.9 Å². The Morgan fingerprint density at radius 3 is 3.05 bits per heavy atom. The molecule has 2 rings (SSSR count). The van der Waals surface area contributed by atoms with Crippen LogP contribution in [-0.4, -0.2) is 28.2 Å². The first-order valence-corrected chi connectivity index (χ1v) is 7.25. The second-order valence-electron chi connectivity index (χ2n) is 3.48. The lowest BCUT2D eigenvalue weighted by Crippen LogP contribution is -1.91. The van der Waals surface area contributed by atoms with E-state index in [0.717, 1.165) is 27.0 Å². The third kappa shape index (κ3) is 3.96. The van der Waals surface area contributed by atoms with Crippen molar-refractivity contribution < 1.29 is 9.84 Å². The van der Waals surface area contributed by atoms with Crippen molar-refractivity contribution in [3.05, 3.63) is 35.7 Å². The van der Waals surface area contributed by atoms with Crippen LogP contribution in [0.5, 0.6) is 5.75 Å². The summed E-state index contributed by atoms with van der Waals surface area (Å²) in [6.45, 7) is -0.144. The van der Waals surface area contributed by atoms with Crippen LogP contribution in [0.25, 0.3) is 0 Å². The van der Waals surface area contributed by atoms with Crippen molar-refractivity contribution in [2.45, 2.75) is 10.1 Å². The maximum absolute atomic E-state index is 8.78. The molecule has 1 aromatic heterocycles. The number of aliphatic hydroxyl groups excluding tert-OH is 1. The lowest BCUT2D eigenvalue weighted by atomic mass is 10.1. The molecule has 19 heavy (non-hydrogen) atoms. The molecule has 0 saturated carbocycles. The van der Waals surface area contributed by atoms with Gasteiger partial charge in [-0.3, -0.25) is 0 Å². The Bertz CT molecular complexity index is 588. The number of aromatic nitrogens is 2. The molecule has 0 saturated heterocycles. The van der Waals surface area contributed by atoms with Gasteiger partial charge >= 0.3 is 0 Å². The summed E-state index contributed by atoms with van der Waals surface area (Å²) in [5.41, 5.74) is 1.95. The van der Waals surface area contributed by atoms with Gasteiger partial charge in [-0.1, -0.05) is 23.6 Å². The summed E-state index contributed by atoms with van der Waals surface area (Å²) in [5, 5.41) is 8.78. The molecule has 1 aromatic carbocycles. The number of hydrogen-bond donors (Lipinski definition) is 1. The van der Waals surface area contributed by atoms with Crippen LogP contribution in [-0.2, 0) is 5.75 Å². The Morgan fingerprint density at radius 1 is 1.47 bits per heavy atom. The van der Waals surface area contributed by atoms with E-state index in [2.05, 4.69) is 21.2 Å². The first-order valence-electron chi connectivity index (χ1n) is 5.49. The lowest BCUT2D eigenvalue weighted by Gasteiger charge is -2.06. The molecule has 98 valence electrons. The Kier molecular flexibility index (Phi) is 5.21. The quantitative estimate of drug-likeness (QED) is 0.691. The average molecular weight is 292 g/mol. The van der Waals surface area contributed by atoms with Gasteiger partial charge in [0, 0.05) is 11.3 Å². The molecule has 0 aliphatic carbocycles. The molecule has 2 aromatic rings. The summed E-state index contributed by atoms with van der Waals surface area (Å²) < 4.78 is 10.1. The van der Waals surface area contributed by atoms with E-state index in [1.54, 1.807) is 25.2 Å². The second kappa shape index (κ2) is 7.14. The van der Waals surface area contributed by atoms with E-state index >= 15 is 0 Å². The predicted octanol–water partition coefficient (Wildman–Crippen LogP) is 2.18. The highest BCUT2D eigenvalue weighted by Gasteiger charge is 2.05. The number of hydrogen-bond acceptors (Lipinski definition) is 6. The van der Waals surface area contributed by atoms with Gasteiger partial charge in [0.15, 0.2) is 4.34 Å². The van der Waals surface area contributed by atoms with Crippen molar-refractivity contribution in [2.24, 2.45) is 0 Å². The van der Waals surface area contributed by atoms with E-state index in [1.807, 2.05) is 18.2 Å². The first kappa shape index (κ1) is 13.9. The molecular formula is C13H12N2O2S2. The zero-order valence-electron chi connectivity index (χ0n) is 10.3. The van der Waals surface area contributed by atoms with E-state index in [4.69, 9.17) is 9.84 Å². The number of rotatable bonds is 4. The van der Waals surface area contributed by atoms with E-state index in [9.17, 15) is 0 Å². The predicted molar refractivity (Wildman–Crippen MR) is 76.4 cm³/mol. The fourth-order valence-electron chi connectivity index (χ4n) is 1.44. The molecule has 1 heterocycles. The Labute approximate surface area is 120 Å². The van der Waals surface area contributed by atoms with Crippen molar-refractivity contribution in [3.63, 3.8) is 0 Å². The van der Waals surface area contributed by atoms with Crippen LogP contribution >= 0.6 is 23.3 Å². The highest BCUT2D eigenvalue weighted by Crippen LogP contribution is 2.27. The zero-order valence-corrected chi connectivity index (χ0v) is 11.9. The molecule has 0 amide bonds. The minimum absolute atomic E-state index is 0.144. The fraction of sp³-hybridized carbons (Fsp3) is 0.231. The molecular weight excluding hydrogens is 280 g/mol. The molecule has 0 bridgehead atoms. The maximum Gasteiger partial charge on any atom is 0.170 e. The summed E-state index contributed by atoms with van der Waals surface area (Å²) in [6, 6.07) is 5.72. The molecule has 0 radical (unpaired) electrons. The number of methoxy groups -OCH3 is 1. The standard InChI is InChI=1S/C13H12N2O2S2/c1-17-12-5-4-10(3-2-6-16)11(7-12)8-18-13-14-9-15-19-13/h4-5,7,9,16H,6,8H2,1H3. The van der Waals surface area contributed by atoms with Crippen molar-refractivity contribution >= 4 is 23.3 Å². The molecule has 1 N–H and O–H groups in total. The molecule has 0 aliphatic heterocycles. The Morgan fingerprint density at radius 2 is 2.37 bits per heavy atom. The van der Waals surface area contributed by atoms with Gasteiger partial charge in [0.25, 0.3) is 0 Å². The summed E-state index contributed by atoms with van der Waals surface area (Å²) in [6.07, 6.45) is 1.55. The average Bonchev–Trinajstić information content (AvgIpc) is 2.96. The second-order valence-corrected chi connectivity index (χ2v) is 5.48. The van der Waals surface area contributed by atoms with Crippen LogP contribution in [0.1, 0.15) is 11.1 Å². The van der Waals surface area contributed by atoms with E-state index < -0.39 is 0 Å². The van der Waals surface area contributed by atoms with Crippen LogP contribution < -0.4 is 4.74 Å². The van der Waals surface area contributed by atoms with Crippen molar-refractivity contribution in [1.82, 2.24) is 9.36 Å². The minimum Gasteiger partial charge on any atom is -0.497 e. The molecule has 6 heteroatoms. The summed E-state index contributed by atoms with van der Waals surface area (Å²) in [7, 11) is 1.63. The maximum atomic E-state index is 8.78. The van der Waals surface area contributed by atoms with Gasteiger partial charge in [0.05, 0.1) is 7.11 Å². The summed E-state index contributed by atoms with van der Waals surface area (Å²) >= 11 is 2.98. The van der Waals surface area contributed by atoms with Gasteiger partial charge in [0.1, 0.15) is 18.7 Å². The van der Waals surface area contributed by atoms with E-state index in [-0.39, 0.29) is 6.61 Å². The van der Waals surface area contributed by atoms with E-state index in [0.29, 0.717) is 0 Å². The normalized spacial score (nSPS) is 9.79. The van der Waals surface area contributed by atoms with Crippen LogP contribution in [0.4, 0.5) is 0 Å². The van der Waals surface area contributed by atoms with Gasteiger partial charge in [-0.25, -0.2) is 4.98 Å². The zero-order chi connectivity index (χ0) is 13.5. The number of thioether (sulfide) groups is 1. The fourth-order valence-corrected chi connectivity index (χ4v) is 2.87. The SMILES string of the molecule is COc1ccc(C#CCO)c(CSc2ncns2)c1. The van der Waals surface area contributed by atoms with Crippen LogP contribution in [0, 0.1) is 11.8 Å². The molecule has 4 nitrogen and oxygen atoms in total. The summed E-state index contributed by atoms with van der Waals surface area (Å²) in [5.74, 6) is 7.14. The van der Waals surface area contributed by atoms with Gasteiger partial charge < -0.3 is 9.84 Å². The summed E-state index contributed by atoms with van der Waals surface area (Å²) in [4.78, 5) is 4.13. The van der Waals surface area contributed by atoms with Gasteiger partial charge in [-0.15, -0.1) is 0 Å². The van der Waals surface area contributed by atoms with Gasteiger partial charge in [-0.2, -0.15) is 4.37 Å². The number of aliphatic hydroxyl groups is 1. The molecule has 0 spiro atoms. The lowest BCUT2D eigenvalue weighted by molar-refractivity contribution is 0.350. The van der Waals surface area contributed by atoms with Crippen molar-refractivity contribution in [2.75, 3.05) is 13.7 Å². The highest BCUT2D eigenvalue weighted by atomic mass is 32.2. The number of nitrogens with zero attached hydrogens (tertiary/aromatic N) is 2.